The predicted molar refractivity (Wildman–Crippen MR) is 91.5 cm³/mol. The van der Waals surface area contributed by atoms with Gasteiger partial charge in [0, 0.05) is 30.7 Å². The lowest BCUT2D eigenvalue weighted by Crippen LogP contribution is -2.29. The average molecular weight is 329 g/mol. The Balaban J connectivity index is 1.57. The lowest BCUT2D eigenvalue weighted by atomic mass is 10.2. The number of hydrogen-bond acceptors (Lipinski definition) is 6. The van der Waals surface area contributed by atoms with Gasteiger partial charge in [0.25, 0.3) is 0 Å². The highest BCUT2D eigenvalue weighted by atomic mass is 19.1. The van der Waals surface area contributed by atoms with E-state index in [1.807, 2.05) is 37.1 Å². The monoisotopic (exact) mass is 329 g/mol. The van der Waals surface area contributed by atoms with Gasteiger partial charge in [-0.3, -0.25) is 4.99 Å². The summed E-state index contributed by atoms with van der Waals surface area (Å²) in [6.45, 7) is 5.26. The van der Waals surface area contributed by atoms with Gasteiger partial charge in [-0.25, -0.2) is 9.07 Å². The number of nitrogens with one attached hydrogen (secondary N) is 1. The van der Waals surface area contributed by atoms with Crippen molar-refractivity contribution in [1.29, 1.82) is 0 Å². The molecule has 0 spiro atoms. The third kappa shape index (κ3) is 3.76. The molecule has 1 aliphatic rings. The molecule has 8 heteroatoms. The molecule has 0 saturated heterocycles. The van der Waals surface area contributed by atoms with Crippen LogP contribution in [0.2, 0.25) is 0 Å². The molecule has 3 rings (SSSR count). The first-order valence-corrected chi connectivity index (χ1v) is 7.88. The Kier molecular flexibility index (Phi) is 4.83. The van der Waals surface area contributed by atoms with Crippen LogP contribution >= 0.6 is 0 Å². The molecule has 1 aromatic carbocycles. The van der Waals surface area contributed by atoms with E-state index in [0.29, 0.717) is 18.8 Å². The van der Waals surface area contributed by atoms with Gasteiger partial charge in [-0.2, -0.15) is 0 Å². The normalized spacial score (nSPS) is 17.0. The molecule has 1 aliphatic heterocycles. The number of hydrogen-bond donors (Lipinski definition) is 1. The molecule has 1 N–H and O–H groups in total. The molecule has 0 saturated carbocycles. The second-order valence-electron chi connectivity index (χ2n) is 5.64. The second kappa shape index (κ2) is 7.20. The van der Waals surface area contributed by atoms with Gasteiger partial charge in [-0.1, -0.05) is 0 Å². The molecule has 7 nitrogen and oxygen atoms in total. The molecule has 126 valence electrons. The highest BCUT2D eigenvalue weighted by molar-refractivity contribution is 5.94. The quantitative estimate of drug-likeness (QED) is 0.824. The topological polar surface area (TPSA) is 71.2 Å². The van der Waals surface area contributed by atoms with Crippen LogP contribution in [-0.2, 0) is 6.54 Å². The number of aliphatic imine (C=N–C) groups is 1. The Hall–Kier alpha value is -2.77. The summed E-state index contributed by atoms with van der Waals surface area (Å²) in [6.07, 6.45) is 6.17. The van der Waals surface area contributed by atoms with Crippen molar-refractivity contribution < 1.29 is 4.39 Å². The van der Waals surface area contributed by atoms with E-state index in [2.05, 4.69) is 25.8 Å². The summed E-state index contributed by atoms with van der Waals surface area (Å²) < 4.78 is 16.0. The van der Waals surface area contributed by atoms with E-state index in [1.54, 1.807) is 17.1 Å². The minimum Gasteiger partial charge on any atom is -0.383 e. The molecular weight excluding hydrogens is 309 g/mol. The Morgan fingerprint density at radius 2 is 2.21 bits per heavy atom. The molecule has 0 bridgehead atoms. The Bertz CT molecular complexity index is 739. The summed E-state index contributed by atoms with van der Waals surface area (Å²) >= 11 is 0. The summed E-state index contributed by atoms with van der Waals surface area (Å²) in [4.78, 5) is 6.42. The third-order valence-electron chi connectivity index (χ3n) is 3.79. The van der Waals surface area contributed by atoms with Crippen molar-refractivity contribution in [2.45, 2.75) is 33.0 Å². The largest absolute Gasteiger partial charge is 0.383 e. The molecule has 2 heterocycles. The van der Waals surface area contributed by atoms with Crippen molar-refractivity contribution in [3.63, 3.8) is 0 Å². The summed E-state index contributed by atoms with van der Waals surface area (Å²) in [6, 6.07) is 5.18. The van der Waals surface area contributed by atoms with Crippen LogP contribution in [0.4, 0.5) is 15.8 Å². The molecular formula is C16H20FN7. The van der Waals surface area contributed by atoms with Gasteiger partial charge in [-0.15, -0.1) is 5.10 Å². The van der Waals surface area contributed by atoms with Crippen molar-refractivity contribution in [3.05, 3.63) is 42.6 Å². The van der Waals surface area contributed by atoms with Gasteiger partial charge in [0.15, 0.2) is 0 Å². The number of allylic oxidation sites excluding steroid dienone is 1. The molecule has 0 aliphatic carbocycles. The molecule has 0 radical (unpaired) electrons. The number of halogens is 1. The van der Waals surface area contributed by atoms with Crippen molar-refractivity contribution >= 4 is 17.1 Å². The number of anilines is 2. The van der Waals surface area contributed by atoms with Gasteiger partial charge in [0.1, 0.15) is 18.3 Å². The van der Waals surface area contributed by atoms with Crippen LogP contribution in [0, 0.1) is 5.82 Å². The number of aryl methyl sites for hydroxylation is 1. The number of tetrazole rings is 1. The summed E-state index contributed by atoms with van der Waals surface area (Å²) in [5.41, 5.74) is 2.25. The van der Waals surface area contributed by atoms with E-state index in [4.69, 9.17) is 0 Å². The minimum absolute atomic E-state index is 0.0375. The summed E-state index contributed by atoms with van der Waals surface area (Å²) in [7, 11) is 0. The third-order valence-corrected chi connectivity index (χ3v) is 3.79. The van der Waals surface area contributed by atoms with Gasteiger partial charge in [-0.05, 0) is 55.0 Å². The average Bonchev–Trinajstić information content (AvgIpc) is 3.06. The van der Waals surface area contributed by atoms with Crippen LogP contribution in [0.25, 0.3) is 0 Å². The summed E-state index contributed by atoms with van der Waals surface area (Å²) in [5.74, 6) is -0.276. The zero-order valence-electron chi connectivity index (χ0n) is 13.7. The summed E-state index contributed by atoms with van der Waals surface area (Å²) in [5, 5.41) is 14.0. The lowest BCUT2D eigenvalue weighted by Gasteiger charge is -2.28. The van der Waals surface area contributed by atoms with Crippen molar-refractivity contribution in [2.75, 3.05) is 16.8 Å². The molecule has 1 aromatic heterocycles. The SMILES string of the molecule is CC1=NC(C)N(c2ccc(NCCCn3cnnn3)c(F)c2)C=C1. The maximum absolute atomic E-state index is 14.3. The fraction of sp³-hybridized carbons (Fsp3) is 0.375. The first kappa shape index (κ1) is 16.1. The molecule has 24 heavy (non-hydrogen) atoms. The number of aromatic nitrogens is 4. The predicted octanol–water partition coefficient (Wildman–Crippen LogP) is 2.46. The van der Waals surface area contributed by atoms with E-state index in [9.17, 15) is 4.39 Å². The number of rotatable bonds is 6. The maximum Gasteiger partial charge on any atom is 0.148 e. The van der Waals surface area contributed by atoms with Crippen LogP contribution in [0.15, 0.2) is 41.8 Å². The van der Waals surface area contributed by atoms with Crippen LogP contribution in [0.5, 0.6) is 0 Å². The second-order valence-corrected chi connectivity index (χ2v) is 5.64. The van der Waals surface area contributed by atoms with E-state index in [1.165, 1.54) is 6.07 Å². The highest BCUT2D eigenvalue weighted by Gasteiger charge is 2.15. The fourth-order valence-corrected chi connectivity index (χ4v) is 2.57. The molecule has 2 aromatic rings. The van der Waals surface area contributed by atoms with Crippen molar-refractivity contribution in [2.24, 2.45) is 4.99 Å². The molecule has 1 atom stereocenters. The molecule has 0 amide bonds. The van der Waals surface area contributed by atoms with Crippen LogP contribution in [0.3, 0.4) is 0 Å². The smallest absolute Gasteiger partial charge is 0.148 e. The minimum atomic E-state index is -0.276. The Morgan fingerprint density at radius 1 is 1.33 bits per heavy atom. The van der Waals surface area contributed by atoms with Gasteiger partial charge in [0.05, 0.1) is 5.69 Å². The highest BCUT2D eigenvalue weighted by Crippen LogP contribution is 2.25. The molecule has 0 fully saturated rings. The zero-order valence-corrected chi connectivity index (χ0v) is 13.7. The Morgan fingerprint density at radius 3 is 2.92 bits per heavy atom. The van der Waals surface area contributed by atoms with Crippen molar-refractivity contribution in [1.82, 2.24) is 20.2 Å². The van der Waals surface area contributed by atoms with Gasteiger partial charge in [0.2, 0.25) is 0 Å². The van der Waals surface area contributed by atoms with Crippen LogP contribution < -0.4 is 10.2 Å². The van der Waals surface area contributed by atoms with E-state index >= 15 is 0 Å². The van der Waals surface area contributed by atoms with Crippen LogP contribution in [-0.4, -0.2) is 38.6 Å². The molecule has 1 unspecified atom stereocenters. The van der Waals surface area contributed by atoms with Gasteiger partial charge < -0.3 is 10.2 Å². The van der Waals surface area contributed by atoms with Gasteiger partial charge >= 0.3 is 0 Å². The Labute approximate surface area is 139 Å². The standard InChI is InChI=1S/C16H20FN7/c1-12-6-9-24(13(2)20-12)14-4-5-16(15(17)10-14)18-7-3-8-23-11-19-21-22-23/h4-6,9-11,13,18H,3,7-8H2,1-2H3. The van der Waals surface area contributed by atoms with E-state index in [-0.39, 0.29) is 12.0 Å². The first-order chi connectivity index (χ1) is 11.6. The van der Waals surface area contributed by atoms with E-state index < -0.39 is 0 Å². The maximum atomic E-state index is 14.3. The van der Waals surface area contributed by atoms with Crippen LogP contribution in [0.1, 0.15) is 20.3 Å². The number of benzene rings is 1. The first-order valence-electron chi connectivity index (χ1n) is 7.88. The van der Waals surface area contributed by atoms with E-state index in [0.717, 1.165) is 17.8 Å². The zero-order chi connectivity index (χ0) is 16.9. The number of nitrogens with zero attached hydrogens (tertiary/aromatic N) is 6. The van der Waals surface area contributed by atoms with Crippen molar-refractivity contribution in [3.8, 4) is 0 Å². The fourth-order valence-electron chi connectivity index (χ4n) is 2.57. The lowest BCUT2D eigenvalue weighted by molar-refractivity contribution is 0.568.